The summed E-state index contributed by atoms with van der Waals surface area (Å²) in [6, 6.07) is 18.2. The van der Waals surface area contributed by atoms with Gasteiger partial charge in [0.2, 0.25) is 6.33 Å². The first-order valence-electron chi connectivity index (χ1n) is 10.3. The Hall–Kier alpha value is -2.66. The largest absolute Gasteiger partial charge is 0.394 e. The van der Waals surface area contributed by atoms with Gasteiger partial charge in [0.25, 0.3) is 5.91 Å². The molecule has 0 aliphatic rings. The van der Waals surface area contributed by atoms with E-state index in [2.05, 4.69) is 41.9 Å². The Balaban J connectivity index is 1.94. The molecule has 0 spiro atoms. The first-order valence-corrected chi connectivity index (χ1v) is 10.3. The molecule has 3 rings (SSSR count). The number of fused-ring (bicyclic) bond motifs is 1. The Labute approximate surface area is 173 Å². The Morgan fingerprint density at radius 2 is 1.76 bits per heavy atom. The molecule has 0 saturated carbocycles. The number of hydrogen-bond acceptors (Lipinski definition) is 2. The molecule has 2 N–H and O–H groups in total. The minimum Gasteiger partial charge on any atom is -0.394 e. The van der Waals surface area contributed by atoms with E-state index in [1.165, 1.54) is 5.56 Å². The van der Waals surface area contributed by atoms with Crippen LogP contribution in [-0.2, 0) is 16.9 Å². The molecule has 1 amide bonds. The molecular weight excluding hydrogens is 362 g/mol. The highest BCUT2D eigenvalue weighted by Crippen LogP contribution is 2.23. The molecule has 0 radical (unpaired) electrons. The van der Waals surface area contributed by atoms with Crippen LogP contribution in [0.25, 0.3) is 11.0 Å². The summed E-state index contributed by atoms with van der Waals surface area (Å²) in [7, 11) is 0. The molecule has 5 nitrogen and oxygen atoms in total. The van der Waals surface area contributed by atoms with Gasteiger partial charge in [-0.15, -0.1) is 0 Å². The van der Waals surface area contributed by atoms with Gasteiger partial charge in [-0.3, -0.25) is 4.79 Å². The Morgan fingerprint density at radius 1 is 1.10 bits per heavy atom. The van der Waals surface area contributed by atoms with Gasteiger partial charge in [-0.05, 0) is 43.9 Å². The van der Waals surface area contributed by atoms with E-state index in [-0.39, 0.29) is 18.6 Å². The summed E-state index contributed by atoms with van der Waals surface area (Å²) < 4.78 is 4.21. The maximum absolute atomic E-state index is 13.2. The summed E-state index contributed by atoms with van der Waals surface area (Å²) >= 11 is 0. The smallest absolute Gasteiger partial charge is 0.268 e. The third kappa shape index (κ3) is 4.67. The quantitative estimate of drug-likeness (QED) is 0.576. The lowest BCUT2D eigenvalue weighted by atomic mass is 10.00. The molecule has 0 saturated heterocycles. The van der Waals surface area contributed by atoms with Gasteiger partial charge in [0, 0.05) is 0 Å². The summed E-state index contributed by atoms with van der Waals surface area (Å²) in [5.41, 5.74) is 2.50. The van der Waals surface area contributed by atoms with E-state index >= 15 is 0 Å². The van der Waals surface area contributed by atoms with E-state index in [9.17, 15) is 9.90 Å². The minimum atomic E-state index is -0.800. The number of rotatable bonds is 8. The molecule has 2 aromatic carbocycles. The number of carbonyl (C=O) groups is 1. The normalized spacial score (nSPS) is 13.0. The second-order valence-electron chi connectivity index (χ2n) is 8.63. The van der Waals surface area contributed by atoms with Gasteiger partial charge in [0.05, 0.1) is 12.6 Å². The number of carbonyl (C=O) groups excluding carboxylic acids is 1. The number of amides is 1. The van der Waals surface area contributed by atoms with Crippen LogP contribution in [-0.4, -0.2) is 28.2 Å². The van der Waals surface area contributed by atoms with Crippen LogP contribution in [0.5, 0.6) is 0 Å². The number of nitrogens with zero attached hydrogens (tertiary/aromatic N) is 2. The summed E-state index contributed by atoms with van der Waals surface area (Å²) in [6.45, 7) is 8.70. The number of aliphatic hydroxyl groups excluding tert-OH is 1. The summed E-state index contributed by atoms with van der Waals surface area (Å²) in [4.78, 5) is 13.2. The summed E-state index contributed by atoms with van der Waals surface area (Å²) in [6.07, 6.45) is 2.77. The van der Waals surface area contributed by atoms with Crippen LogP contribution >= 0.6 is 0 Å². The Bertz CT molecular complexity index is 961. The third-order valence-corrected chi connectivity index (χ3v) is 5.37. The van der Waals surface area contributed by atoms with Gasteiger partial charge < -0.3 is 10.4 Å². The fraction of sp³-hybridized carbons (Fsp3) is 0.417. The molecule has 3 aromatic rings. The molecule has 1 heterocycles. The van der Waals surface area contributed by atoms with Crippen LogP contribution in [0.2, 0.25) is 0 Å². The van der Waals surface area contributed by atoms with Gasteiger partial charge in [-0.1, -0.05) is 56.3 Å². The van der Waals surface area contributed by atoms with Gasteiger partial charge in [0.1, 0.15) is 6.54 Å². The van der Waals surface area contributed by atoms with E-state index in [0.717, 1.165) is 24.0 Å². The molecule has 1 atom stereocenters. The highest BCUT2D eigenvalue weighted by molar-refractivity contribution is 5.86. The number of nitrogens with one attached hydrogen (secondary N) is 1. The average Bonchev–Trinajstić information content (AvgIpc) is 3.07. The van der Waals surface area contributed by atoms with E-state index < -0.39 is 5.54 Å². The lowest BCUT2D eigenvalue weighted by molar-refractivity contribution is -0.663. The van der Waals surface area contributed by atoms with Crippen molar-refractivity contribution in [3.63, 3.8) is 0 Å². The zero-order valence-corrected chi connectivity index (χ0v) is 17.8. The van der Waals surface area contributed by atoms with Crippen molar-refractivity contribution in [1.82, 2.24) is 9.88 Å². The monoisotopic (exact) mass is 394 g/mol. The predicted molar refractivity (Wildman–Crippen MR) is 115 cm³/mol. The average molecular weight is 395 g/mol. The summed E-state index contributed by atoms with van der Waals surface area (Å²) in [5, 5.41) is 12.7. The van der Waals surface area contributed by atoms with Crippen molar-refractivity contribution in [2.24, 2.45) is 5.92 Å². The van der Waals surface area contributed by atoms with E-state index in [1.54, 1.807) is 0 Å². The van der Waals surface area contributed by atoms with Crippen LogP contribution in [0.3, 0.4) is 0 Å². The first kappa shape index (κ1) is 21.1. The third-order valence-electron chi connectivity index (χ3n) is 5.37. The fourth-order valence-corrected chi connectivity index (χ4v) is 3.75. The molecule has 0 bridgehead atoms. The number of imidazole rings is 1. The topological polar surface area (TPSA) is 58.1 Å². The second-order valence-corrected chi connectivity index (χ2v) is 8.63. The molecule has 0 fully saturated rings. The first-order chi connectivity index (χ1) is 13.8. The van der Waals surface area contributed by atoms with Crippen LogP contribution in [0.4, 0.5) is 0 Å². The van der Waals surface area contributed by atoms with Crippen LogP contribution in [0.15, 0.2) is 60.9 Å². The maximum atomic E-state index is 13.2. The number of aromatic nitrogens is 2. The van der Waals surface area contributed by atoms with Gasteiger partial charge in [-0.2, -0.15) is 0 Å². The van der Waals surface area contributed by atoms with E-state index in [1.807, 2.05) is 61.1 Å². The van der Waals surface area contributed by atoms with Gasteiger partial charge >= 0.3 is 0 Å². The highest BCUT2D eigenvalue weighted by Gasteiger charge is 2.38. The molecule has 5 heteroatoms. The fourth-order valence-electron chi connectivity index (χ4n) is 3.75. The van der Waals surface area contributed by atoms with Crippen molar-refractivity contribution in [3.8, 4) is 0 Å². The molecular formula is C24H32N3O2+. The van der Waals surface area contributed by atoms with Crippen molar-refractivity contribution in [2.75, 3.05) is 6.61 Å². The predicted octanol–water partition coefficient (Wildman–Crippen LogP) is 3.24. The van der Waals surface area contributed by atoms with Crippen molar-refractivity contribution in [2.45, 2.75) is 52.2 Å². The Kier molecular flexibility index (Phi) is 6.38. The van der Waals surface area contributed by atoms with Crippen LogP contribution in [0, 0.1) is 5.92 Å². The lowest BCUT2D eigenvalue weighted by Gasteiger charge is -2.25. The van der Waals surface area contributed by atoms with Crippen molar-refractivity contribution >= 4 is 16.9 Å². The van der Waals surface area contributed by atoms with Crippen LogP contribution < -0.4 is 9.88 Å². The number of benzene rings is 2. The zero-order chi connectivity index (χ0) is 21.0. The van der Waals surface area contributed by atoms with Crippen LogP contribution in [0.1, 0.15) is 39.7 Å². The Morgan fingerprint density at radius 3 is 2.41 bits per heavy atom. The van der Waals surface area contributed by atoms with Crippen molar-refractivity contribution < 1.29 is 14.5 Å². The highest BCUT2D eigenvalue weighted by atomic mass is 16.3. The van der Waals surface area contributed by atoms with Crippen molar-refractivity contribution in [3.05, 3.63) is 66.5 Å². The molecule has 0 aliphatic heterocycles. The van der Waals surface area contributed by atoms with E-state index in [0.29, 0.717) is 5.92 Å². The molecule has 0 aliphatic carbocycles. The summed E-state index contributed by atoms with van der Waals surface area (Å²) in [5.74, 6) is 0.306. The maximum Gasteiger partial charge on any atom is 0.268 e. The second kappa shape index (κ2) is 8.78. The molecule has 29 heavy (non-hydrogen) atoms. The standard InChI is InChI=1S/C24H31N3O2/c1-18(2)14-20(16-28)25-23(29)24(3,4)27-17-26(15-19-10-6-5-7-11-19)21-12-8-9-13-22(21)27/h5-13,17-18,20,28H,14-16H2,1-4H3/p+1/t20-/m0/s1. The molecule has 1 aromatic heterocycles. The number of aliphatic hydroxyl groups is 1. The number of hydrogen-bond donors (Lipinski definition) is 2. The van der Waals surface area contributed by atoms with Gasteiger partial charge in [-0.25, -0.2) is 9.13 Å². The van der Waals surface area contributed by atoms with Gasteiger partial charge in [0.15, 0.2) is 16.6 Å². The zero-order valence-electron chi connectivity index (χ0n) is 17.8. The number of para-hydroxylation sites is 2. The van der Waals surface area contributed by atoms with E-state index in [4.69, 9.17) is 0 Å². The SMILES string of the molecule is CC(C)C[C@@H](CO)NC(=O)C(C)(C)n1c[n+](Cc2ccccc2)c2ccccc21. The van der Waals surface area contributed by atoms with Crippen molar-refractivity contribution in [1.29, 1.82) is 0 Å². The lowest BCUT2D eigenvalue weighted by Crippen LogP contribution is -2.50. The minimum absolute atomic E-state index is 0.0551. The molecule has 154 valence electrons. The molecule has 0 unspecified atom stereocenters.